The molecule has 0 amide bonds. The molecule has 0 heterocycles. The first-order chi connectivity index (χ1) is 8.47. The van der Waals surface area contributed by atoms with E-state index in [9.17, 15) is 8.78 Å². The van der Waals surface area contributed by atoms with Crippen molar-refractivity contribution in [2.24, 2.45) is 11.8 Å². The van der Waals surface area contributed by atoms with E-state index >= 15 is 0 Å². The minimum atomic E-state index is -0.566. The van der Waals surface area contributed by atoms with Crippen molar-refractivity contribution in [2.45, 2.75) is 39.2 Å². The lowest BCUT2D eigenvalue weighted by atomic mass is 9.80. The molecule has 3 atom stereocenters. The molecule has 0 aliphatic heterocycles. The molecule has 0 saturated heterocycles. The zero-order chi connectivity index (χ0) is 13.3. The van der Waals surface area contributed by atoms with Crippen molar-refractivity contribution in [3.05, 3.63) is 28.2 Å². The van der Waals surface area contributed by atoms with E-state index in [4.69, 9.17) is 0 Å². The smallest absolute Gasteiger partial charge is 0.149 e. The number of benzene rings is 1. The van der Waals surface area contributed by atoms with Crippen molar-refractivity contribution in [3.8, 4) is 0 Å². The molecule has 1 aliphatic carbocycles. The SMILES string of the molecule is CC1CCC(Nc2cc(Br)c(F)cc2F)C(C)C1. The summed E-state index contributed by atoms with van der Waals surface area (Å²) < 4.78 is 27.1. The van der Waals surface area contributed by atoms with Crippen molar-refractivity contribution < 1.29 is 8.78 Å². The molecule has 4 heteroatoms. The predicted octanol–water partition coefficient (Wildman–Crippen LogP) is 4.96. The van der Waals surface area contributed by atoms with Crippen LogP contribution in [0.25, 0.3) is 0 Å². The highest BCUT2D eigenvalue weighted by atomic mass is 79.9. The van der Waals surface area contributed by atoms with E-state index in [1.165, 1.54) is 6.07 Å². The van der Waals surface area contributed by atoms with Gasteiger partial charge in [0.15, 0.2) is 0 Å². The minimum absolute atomic E-state index is 0.271. The van der Waals surface area contributed by atoms with E-state index < -0.39 is 11.6 Å². The van der Waals surface area contributed by atoms with Gasteiger partial charge in [0.05, 0.1) is 10.2 Å². The highest BCUT2D eigenvalue weighted by Gasteiger charge is 2.26. The van der Waals surface area contributed by atoms with Gasteiger partial charge in [-0.2, -0.15) is 0 Å². The third-order valence-corrected chi connectivity index (χ3v) is 4.39. The maximum Gasteiger partial charge on any atom is 0.149 e. The Labute approximate surface area is 115 Å². The Morgan fingerprint density at radius 2 is 1.89 bits per heavy atom. The van der Waals surface area contributed by atoms with E-state index in [0.29, 0.717) is 16.1 Å². The molecule has 100 valence electrons. The molecule has 3 unspecified atom stereocenters. The zero-order valence-corrected chi connectivity index (χ0v) is 12.2. The molecule has 0 radical (unpaired) electrons. The van der Waals surface area contributed by atoms with Crippen LogP contribution in [-0.2, 0) is 0 Å². The van der Waals surface area contributed by atoms with Crippen LogP contribution in [-0.4, -0.2) is 6.04 Å². The van der Waals surface area contributed by atoms with Gasteiger partial charge in [-0.1, -0.05) is 13.8 Å². The molecular weight excluding hydrogens is 300 g/mol. The summed E-state index contributed by atoms with van der Waals surface area (Å²) >= 11 is 3.09. The fourth-order valence-corrected chi connectivity index (χ4v) is 3.06. The van der Waals surface area contributed by atoms with Crippen molar-refractivity contribution in [3.63, 3.8) is 0 Å². The average molecular weight is 318 g/mol. The molecular formula is C14H18BrF2N. The minimum Gasteiger partial charge on any atom is -0.380 e. The van der Waals surface area contributed by atoms with Gasteiger partial charge in [-0.05, 0) is 53.1 Å². The Morgan fingerprint density at radius 1 is 1.17 bits per heavy atom. The Morgan fingerprint density at radius 3 is 2.56 bits per heavy atom. The van der Waals surface area contributed by atoms with Crippen LogP contribution in [0.2, 0.25) is 0 Å². The van der Waals surface area contributed by atoms with Crippen LogP contribution >= 0.6 is 15.9 Å². The summed E-state index contributed by atoms with van der Waals surface area (Å²) in [4.78, 5) is 0. The summed E-state index contributed by atoms with van der Waals surface area (Å²) in [6.45, 7) is 4.44. The van der Waals surface area contributed by atoms with E-state index in [2.05, 4.69) is 35.1 Å². The molecule has 0 bridgehead atoms. The topological polar surface area (TPSA) is 12.0 Å². The first-order valence-electron chi connectivity index (χ1n) is 6.38. The largest absolute Gasteiger partial charge is 0.380 e. The Balaban J connectivity index is 2.12. The molecule has 1 fully saturated rings. The van der Waals surface area contributed by atoms with Gasteiger partial charge in [0.1, 0.15) is 11.6 Å². The molecule has 0 aromatic heterocycles. The first-order valence-corrected chi connectivity index (χ1v) is 7.17. The van der Waals surface area contributed by atoms with E-state index in [1.807, 2.05) is 0 Å². The number of rotatable bonds is 2. The van der Waals surface area contributed by atoms with Gasteiger partial charge >= 0.3 is 0 Å². The van der Waals surface area contributed by atoms with Gasteiger partial charge in [-0.15, -0.1) is 0 Å². The summed E-state index contributed by atoms with van der Waals surface area (Å²) in [5.41, 5.74) is 0.384. The number of hydrogen-bond acceptors (Lipinski definition) is 1. The number of nitrogens with one attached hydrogen (secondary N) is 1. The lowest BCUT2D eigenvalue weighted by Gasteiger charge is -2.34. The Hall–Kier alpha value is -0.640. The summed E-state index contributed by atoms with van der Waals surface area (Å²) in [6.07, 6.45) is 3.35. The van der Waals surface area contributed by atoms with Crippen LogP contribution < -0.4 is 5.32 Å². The van der Waals surface area contributed by atoms with Crippen LogP contribution in [0, 0.1) is 23.5 Å². The van der Waals surface area contributed by atoms with Gasteiger partial charge in [-0.25, -0.2) is 8.78 Å². The second-order valence-corrected chi connectivity index (χ2v) is 6.25. The van der Waals surface area contributed by atoms with E-state index in [0.717, 1.165) is 31.2 Å². The van der Waals surface area contributed by atoms with Gasteiger partial charge in [0.2, 0.25) is 0 Å². The normalized spacial score (nSPS) is 28.2. The Kier molecular flexibility index (Phi) is 4.25. The zero-order valence-electron chi connectivity index (χ0n) is 10.6. The Bertz CT molecular complexity index is 436. The fraction of sp³-hybridized carbons (Fsp3) is 0.571. The van der Waals surface area contributed by atoms with Crippen molar-refractivity contribution in [1.82, 2.24) is 0 Å². The molecule has 1 N–H and O–H groups in total. The third kappa shape index (κ3) is 3.02. The summed E-state index contributed by atoms with van der Waals surface area (Å²) in [5.74, 6) is 0.157. The molecule has 0 spiro atoms. The lowest BCUT2D eigenvalue weighted by Crippen LogP contribution is -2.33. The number of halogens is 3. The standard InChI is InChI=1S/C14H18BrF2N/c1-8-3-4-13(9(2)5-8)18-14-6-10(15)11(16)7-12(14)17/h6-9,13,18H,3-5H2,1-2H3. The summed E-state index contributed by atoms with van der Waals surface area (Å²) in [5, 5.41) is 3.22. The molecule has 1 nitrogen and oxygen atoms in total. The van der Waals surface area contributed by atoms with E-state index in [-0.39, 0.29) is 6.04 Å². The van der Waals surface area contributed by atoms with Crippen LogP contribution in [0.3, 0.4) is 0 Å². The second kappa shape index (κ2) is 5.55. The lowest BCUT2D eigenvalue weighted by molar-refractivity contribution is 0.276. The summed E-state index contributed by atoms with van der Waals surface area (Å²) in [6, 6.07) is 2.67. The maximum atomic E-state index is 13.7. The van der Waals surface area contributed by atoms with Crippen LogP contribution in [0.15, 0.2) is 16.6 Å². The van der Waals surface area contributed by atoms with Gasteiger partial charge in [0, 0.05) is 12.1 Å². The molecule has 2 rings (SSSR count). The highest BCUT2D eigenvalue weighted by Crippen LogP contribution is 2.32. The second-order valence-electron chi connectivity index (χ2n) is 5.39. The van der Waals surface area contributed by atoms with Crippen LogP contribution in [0.4, 0.5) is 14.5 Å². The maximum absolute atomic E-state index is 13.7. The number of anilines is 1. The average Bonchev–Trinajstić information content (AvgIpc) is 2.29. The fourth-order valence-electron chi connectivity index (χ4n) is 2.71. The third-order valence-electron chi connectivity index (χ3n) is 3.78. The highest BCUT2D eigenvalue weighted by molar-refractivity contribution is 9.10. The van der Waals surface area contributed by atoms with Crippen molar-refractivity contribution in [2.75, 3.05) is 5.32 Å². The van der Waals surface area contributed by atoms with Crippen LogP contribution in [0.5, 0.6) is 0 Å². The van der Waals surface area contributed by atoms with Gasteiger partial charge < -0.3 is 5.32 Å². The number of hydrogen-bond donors (Lipinski definition) is 1. The first kappa shape index (κ1) is 13.8. The monoisotopic (exact) mass is 317 g/mol. The molecule has 1 saturated carbocycles. The van der Waals surface area contributed by atoms with Crippen molar-refractivity contribution >= 4 is 21.6 Å². The van der Waals surface area contributed by atoms with Crippen molar-refractivity contribution in [1.29, 1.82) is 0 Å². The van der Waals surface area contributed by atoms with E-state index in [1.54, 1.807) is 0 Å². The molecule has 1 aromatic rings. The van der Waals surface area contributed by atoms with Crippen LogP contribution in [0.1, 0.15) is 33.1 Å². The summed E-state index contributed by atoms with van der Waals surface area (Å²) in [7, 11) is 0. The molecule has 1 aliphatic rings. The quantitative estimate of drug-likeness (QED) is 0.760. The van der Waals surface area contributed by atoms with Gasteiger partial charge in [-0.3, -0.25) is 0 Å². The predicted molar refractivity (Wildman–Crippen MR) is 73.6 cm³/mol. The molecule has 1 aromatic carbocycles. The van der Waals surface area contributed by atoms with Gasteiger partial charge in [0.25, 0.3) is 0 Å². The molecule has 18 heavy (non-hydrogen) atoms.